The first-order valence-electron chi connectivity index (χ1n) is 12.0. The van der Waals surface area contributed by atoms with Crippen LogP contribution in [0, 0.1) is 0 Å². The van der Waals surface area contributed by atoms with Crippen molar-refractivity contribution in [2.75, 3.05) is 36.9 Å². The maximum absolute atomic E-state index is 9.66. The highest BCUT2D eigenvalue weighted by atomic mass is 32.1. The predicted octanol–water partition coefficient (Wildman–Crippen LogP) is 2.69. The molecular formula is C24H27N9O2S. The molecule has 6 rings (SSSR count). The fraction of sp³-hybridized carbons (Fsp3) is 0.375. The van der Waals surface area contributed by atoms with Gasteiger partial charge >= 0.3 is 0 Å². The number of nitrogens with one attached hydrogen (secondary N) is 2. The number of benzene rings is 1. The van der Waals surface area contributed by atoms with Crippen LogP contribution in [-0.4, -0.2) is 78.6 Å². The molecular weight excluding hydrogens is 478 g/mol. The Hall–Kier alpha value is -3.45. The molecule has 1 aromatic carbocycles. The number of tetrazole rings is 1. The Labute approximate surface area is 212 Å². The molecule has 2 fully saturated rings. The molecule has 3 N–H and O–H groups in total. The third-order valence-electron chi connectivity index (χ3n) is 6.22. The minimum Gasteiger partial charge on any atom is -0.393 e. The number of pyridine rings is 1. The van der Waals surface area contributed by atoms with E-state index in [0.29, 0.717) is 16.8 Å². The molecule has 1 aliphatic heterocycles. The summed E-state index contributed by atoms with van der Waals surface area (Å²) in [6, 6.07) is 14.1. The first kappa shape index (κ1) is 23.0. The molecule has 0 unspecified atom stereocenters. The molecule has 36 heavy (non-hydrogen) atoms. The fourth-order valence-electron chi connectivity index (χ4n) is 4.28. The highest BCUT2D eigenvalue weighted by Crippen LogP contribution is 2.30. The number of para-hydroxylation sites is 1. The van der Waals surface area contributed by atoms with Gasteiger partial charge in [-0.25, -0.2) is 9.97 Å². The van der Waals surface area contributed by atoms with Crippen molar-refractivity contribution in [2.45, 2.75) is 31.5 Å². The molecule has 4 heterocycles. The lowest BCUT2D eigenvalue weighted by atomic mass is 9.89. The number of nitrogens with zero attached hydrogens (tertiary/aromatic N) is 7. The van der Waals surface area contributed by atoms with Gasteiger partial charge in [0.2, 0.25) is 5.82 Å². The van der Waals surface area contributed by atoms with Gasteiger partial charge < -0.3 is 20.5 Å². The van der Waals surface area contributed by atoms with Crippen molar-refractivity contribution in [3.63, 3.8) is 0 Å². The first-order valence-corrected chi connectivity index (χ1v) is 12.8. The molecule has 1 aliphatic carbocycles. The largest absolute Gasteiger partial charge is 0.393 e. The first-order chi connectivity index (χ1) is 17.7. The van der Waals surface area contributed by atoms with E-state index >= 15 is 0 Å². The number of anilines is 3. The molecule has 0 spiro atoms. The van der Waals surface area contributed by atoms with Crippen LogP contribution in [0.25, 0.3) is 16.4 Å². The summed E-state index contributed by atoms with van der Waals surface area (Å²) >= 11 is 1.45. The maximum atomic E-state index is 9.66. The number of rotatable bonds is 8. The number of hydrogen-bond donors (Lipinski definition) is 3. The van der Waals surface area contributed by atoms with E-state index in [1.54, 1.807) is 6.20 Å². The highest BCUT2D eigenvalue weighted by Gasteiger charge is 2.27. The number of thiazole rings is 1. The van der Waals surface area contributed by atoms with Gasteiger partial charge in [-0.2, -0.15) is 0 Å². The summed E-state index contributed by atoms with van der Waals surface area (Å²) in [4.78, 5) is 14.0. The maximum Gasteiger partial charge on any atom is 0.216 e. The predicted molar refractivity (Wildman–Crippen MR) is 137 cm³/mol. The van der Waals surface area contributed by atoms with Crippen molar-refractivity contribution < 1.29 is 9.84 Å². The summed E-state index contributed by atoms with van der Waals surface area (Å²) in [7, 11) is 0. The van der Waals surface area contributed by atoms with E-state index in [4.69, 9.17) is 9.72 Å². The van der Waals surface area contributed by atoms with E-state index in [2.05, 4.69) is 48.1 Å². The summed E-state index contributed by atoms with van der Waals surface area (Å²) in [6.45, 7) is 4.15. The van der Waals surface area contributed by atoms with Gasteiger partial charge in [-0.3, -0.25) is 4.90 Å². The Morgan fingerprint density at radius 2 is 1.89 bits per heavy atom. The molecule has 12 heteroatoms. The fourth-order valence-corrected chi connectivity index (χ4v) is 5.02. The second kappa shape index (κ2) is 10.3. The Kier molecular flexibility index (Phi) is 6.55. The summed E-state index contributed by atoms with van der Waals surface area (Å²) in [5.74, 6) is 2.03. The SMILES string of the molecule is O[C@H]1C[C@H](Nc2cc(CN3CCOCC3)cc(Nc3ncc(-c4nnn(-c5ccccc5)n4)s3)n2)C1. The van der Waals surface area contributed by atoms with E-state index < -0.39 is 0 Å². The smallest absolute Gasteiger partial charge is 0.216 e. The van der Waals surface area contributed by atoms with Gasteiger partial charge in [0, 0.05) is 25.7 Å². The van der Waals surface area contributed by atoms with Crippen LogP contribution in [0.2, 0.25) is 0 Å². The Morgan fingerprint density at radius 3 is 2.69 bits per heavy atom. The minimum absolute atomic E-state index is 0.223. The molecule has 186 valence electrons. The van der Waals surface area contributed by atoms with Crippen LogP contribution < -0.4 is 10.6 Å². The van der Waals surface area contributed by atoms with E-state index in [0.717, 1.165) is 67.6 Å². The standard InChI is InChI=1S/C24H27N9O2S/c34-19-12-17(13-19)26-21-10-16(15-32-6-8-35-9-7-32)11-22(27-21)28-24-25-14-20(36-24)23-29-31-33(30-23)18-4-2-1-3-5-18/h1-5,10-11,14,17,19,34H,6-9,12-13,15H2,(H2,25,26,27,28)/t17-,19-. The molecule has 0 radical (unpaired) electrons. The van der Waals surface area contributed by atoms with Gasteiger partial charge in [0.25, 0.3) is 0 Å². The number of aliphatic hydroxyl groups excluding tert-OH is 1. The van der Waals surface area contributed by atoms with Gasteiger partial charge in [-0.05, 0) is 47.9 Å². The summed E-state index contributed by atoms with van der Waals surface area (Å²) in [5.41, 5.74) is 2.00. The zero-order valence-corrected chi connectivity index (χ0v) is 20.4. The van der Waals surface area contributed by atoms with Crippen molar-refractivity contribution in [3.05, 3.63) is 54.2 Å². The van der Waals surface area contributed by atoms with Crippen LogP contribution in [0.3, 0.4) is 0 Å². The minimum atomic E-state index is -0.223. The number of hydrogen-bond acceptors (Lipinski definition) is 11. The van der Waals surface area contributed by atoms with Crippen molar-refractivity contribution in [1.82, 2.24) is 35.1 Å². The summed E-state index contributed by atoms with van der Waals surface area (Å²) in [6.07, 6.45) is 3.00. The van der Waals surface area contributed by atoms with Gasteiger partial charge in [0.05, 0.1) is 36.1 Å². The zero-order valence-electron chi connectivity index (χ0n) is 19.6. The molecule has 1 saturated heterocycles. The summed E-state index contributed by atoms with van der Waals surface area (Å²) in [5, 5.41) is 30.0. The van der Waals surface area contributed by atoms with E-state index in [-0.39, 0.29) is 12.1 Å². The molecule has 0 amide bonds. The summed E-state index contributed by atoms with van der Waals surface area (Å²) < 4.78 is 5.49. The van der Waals surface area contributed by atoms with Gasteiger partial charge in [-0.1, -0.05) is 29.5 Å². The van der Waals surface area contributed by atoms with Crippen LogP contribution in [0.15, 0.2) is 48.7 Å². The lowest BCUT2D eigenvalue weighted by Crippen LogP contribution is -2.39. The average Bonchev–Trinajstić information content (AvgIpc) is 3.54. The molecule has 3 aromatic heterocycles. The molecule has 1 saturated carbocycles. The Morgan fingerprint density at radius 1 is 1.08 bits per heavy atom. The molecule has 11 nitrogen and oxygen atoms in total. The molecule has 2 aliphatic rings. The van der Waals surface area contributed by atoms with Gasteiger partial charge in [-0.15, -0.1) is 15.0 Å². The normalized spacial score (nSPS) is 20.1. The molecule has 4 aromatic rings. The van der Waals surface area contributed by atoms with E-state index in [1.165, 1.54) is 16.1 Å². The third-order valence-corrected chi connectivity index (χ3v) is 7.13. The zero-order chi connectivity index (χ0) is 24.3. The van der Waals surface area contributed by atoms with Crippen LogP contribution in [-0.2, 0) is 11.3 Å². The number of aliphatic hydroxyl groups is 1. The van der Waals surface area contributed by atoms with E-state index in [1.807, 2.05) is 30.3 Å². The van der Waals surface area contributed by atoms with E-state index in [9.17, 15) is 5.11 Å². The van der Waals surface area contributed by atoms with Crippen LogP contribution in [0.1, 0.15) is 18.4 Å². The topological polar surface area (TPSA) is 126 Å². The lowest BCUT2D eigenvalue weighted by Gasteiger charge is -2.32. The monoisotopic (exact) mass is 505 g/mol. The Balaban J connectivity index is 1.19. The highest BCUT2D eigenvalue weighted by molar-refractivity contribution is 7.18. The quantitative estimate of drug-likeness (QED) is 0.329. The number of ether oxygens (including phenoxy) is 1. The van der Waals surface area contributed by atoms with Gasteiger partial charge in [0.1, 0.15) is 11.6 Å². The van der Waals surface area contributed by atoms with Crippen LogP contribution in [0.5, 0.6) is 0 Å². The number of morpholine rings is 1. The van der Waals surface area contributed by atoms with Crippen molar-refractivity contribution in [1.29, 1.82) is 0 Å². The van der Waals surface area contributed by atoms with Crippen molar-refractivity contribution >= 4 is 28.1 Å². The van der Waals surface area contributed by atoms with Gasteiger partial charge in [0.15, 0.2) is 5.13 Å². The van der Waals surface area contributed by atoms with Crippen molar-refractivity contribution in [2.24, 2.45) is 0 Å². The van der Waals surface area contributed by atoms with Crippen LogP contribution >= 0.6 is 11.3 Å². The third kappa shape index (κ3) is 5.36. The molecule has 0 bridgehead atoms. The Bertz CT molecular complexity index is 1300. The lowest BCUT2D eigenvalue weighted by molar-refractivity contribution is 0.0342. The second-order valence-electron chi connectivity index (χ2n) is 8.99. The van der Waals surface area contributed by atoms with Crippen LogP contribution in [0.4, 0.5) is 16.8 Å². The molecule has 0 atom stereocenters. The number of aromatic nitrogens is 6. The van der Waals surface area contributed by atoms with Crippen molar-refractivity contribution in [3.8, 4) is 16.4 Å². The average molecular weight is 506 g/mol. The second-order valence-corrected chi connectivity index (χ2v) is 10.0.